The fraction of sp³-hybridized carbons (Fsp3) is 0.250. The number of hydrogen-bond acceptors (Lipinski definition) is 2. The van der Waals surface area contributed by atoms with Crippen LogP contribution >= 0.6 is 39.1 Å². The fourth-order valence-electron chi connectivity index (χ4n) is 2.12. The molecule has 5 heteroatoms. The molecule has 1 N–H and O–H groups in total. The molecule has 0 saturated heterocycles. The summed E-state index contributed by atoms with van der Waals surface area (Å²) in [5.41, 5.74) is 3.02. The maximum absolute atomic E-state index is 6.27. The van der Waals surface area contributed by atoms with E-state index in [9.17, 15) is 0 Å². The highest BCUT2D eigenvalue weighted by Gasteiger charge is 2.15. The van der Waals surface area contributed by atoms with Gasteiger partial charge in [-0.05, 0) is 53.5 Å². The first-order valence-corrected chi connectivity index (χ1v) is 8.03. The van der Waals surface area contributed by atoms with Crippen molar-refractivity contribution < 1.29 is 4.74 Å². The van der Waals surface area contributed by atoms with Crippen molar-refractivity contribution in [2.24, 2.45) is 0 Å². The summed E-state index contributed by atoms with van der Waals surface area (Å²) in [6.45, 7) is 4.09. The lowest BCUT2D eigenvalue weighted by molar-refractivity contribution is 0.407. The Balaban J connectivity index is 2.30. The van der Waals surface area contributed by atoms with Crippen LogP contribution in [0.4, 0.5) is 5.69 Å². The summed E-state index contributed by atoms with van der Waals surface area (Å²) >= 11 is 15.8. The van der Waals surface area contributed by atoms with Crippen LogP contribution in [-0.4, -0.2) is 7.11 Å². The van der Waals surface area contributed by atoms with Gasteiger partial charge in [-0.3, -0.25) is 0 Å². The van der Waals surface area contributed by atoms with Gasteiger partial charge in [-0.1, -0.05) is 35.3 Å². The first-order valence-electron chi connectivity index (χ1n) is 6.48. The molecule has 1 atom stereocenters. The molecule has 2 aromatic carbocycles. The van der Waals surface area contributed by atoms with Gasteiger partial charge < -0.3 is 10.1 Å². The van der Waals surface area contributed by atoms with Crippen LogP contribution in [0.15, 0.2) is 34.8 Å². The molecule has 0 fully saturated rings. The van der Waals surface area contributed by atoms with Crippen molar-refractivity contribution >= 4 is 44.8 Å². The number of benzene rings is 2. The van der Waals surface area contributed by atoms with Crippen molar-refractivity contribution in [3.8, 4) is 5.75 Å². The fourth-order valence-corrected chi connectivity index (χ4v) is 2.95. The van der Waals surface area contributed by atoms with E-state index < -0.39 is 0 Å². The minimum absolute atomic E-state index is 0.0373. The minimum atomic E-state index is 0.0373. The maximum atomic E-state index is 6.27. The first-order chi connectivity index (χ1) is 9.93. The summed E-state index contributed by atoms with van der Waals surface area (Å²) in [5.74, 6) is 0.856. The van der Waals surface area contributed by atoms with Crippen LogP contribution in [0.1, 0.15) is 24.1 Å². The largest absolute Gasteiger partial charge is 0.496 e. The number of aryl methyl sites for hydroxylation is 1. The lowest BCUT2D eigenvalue weighted by Gasteiger charge is -2.20. The van der Waals surface area contributed by atoms with Crippen LogP contribution in [0, 0.1) is 6.92 Å². The Morgan fingerprint density at radius 1 is 1.14 bits per heavy atom. The highest BCUT2D eigenvalue weighted by Crippen LogP contribution is 2.38. The normalized spacial score (nSPS) is 12.1. The van der Waals surface area contributed by atoms with E-state index in [1.807, 2.05) is 25.1 Å². The molecule has 0 saturated carbocycles. The molecule has 0 radical (unpaired) electrons. The van der Waals surface area contributed by atoms with Crippen LogP contribution in [0.25, 0.3) is 0 Å². The second-order valence-electron chi connectivity index (χ2n) is 4.83. The zero-order valence-electron chi connectivity index (χ0n) is 12.0. The zero-order valence-corrected chi connectivity index (χ0v) is 15.1. The summed E-state index contributed by atoms with van der Waals surface area (Å²) in [5, 5.41) is 4.38. The van der Waals surface area contributed by atoms with E-state index in [2.05, 4.69) is 40.3 Å². The Bertz CT molecular complexity index is 661. The number of hydrogen-bond donors (Lipinski definition) is 1. The van der Waals surface area contributed by atoms with Crippen molar-refractivity contribution in [3.63, 3.8) is 0 Å². The molecule has 0 aliphatic carbocycles. The summed E-state index contributed by atoms with van der Waals surface area (Å²) < 4.78 is 6.23. The van der Waals surface area contributed by atoms with Gasteiger partial charge in [-0.15, -0.1) is 0 Å². The molecule has 0 aliphatic rings. The topological polar surface area (TPSA) is 21.3 Å². The van der Waals surface area contributed by atoms with E-state index in [0.717, 1.165) is 27.0 Å². The van der Waals surface area contributed by atoms with E-state index in [1.54, 1.807) is 7.11 Å². The molecule has 0 bridgehead atoms. The molecule has 0 aromatic heterocycles. The number of halogens is 3. The molecule has 2 rings (SSSR count). The molecule has 0 spiro atoms. The highest BCUT2D eigenvalue weighted by atomic mass is 79.9. The summed E-state index contributed by atoms with van der Waals surface area (Å²) in [6, 6.07) is 9.94. The first kappa shape index (κ1) is 16.5. The predicted octanol–water partition coefficient (Wildman–Crippen LogP) is 6.25. The Morgan fingerprint density at radius 3 is 2.52 bits per heavy atom. The average molecular weight is 389 g/mol. The SMILES string of the molecule is COc1cc(C)ccc1C(C)Nc1ccc(Br)c(Cl)c1Cl. The lowest BCUT2D eigenvalue weighted by Crippen LogP contribution is -2.09. The molecule has 21 heavy (non-hydrogen) atoms. The Hall–Kier alpha value is -0.900. The van der Waals surface area contributed by atoms with Gasteiger partial charge in [0.1, 0.15) is 5.75 Å². The quantitative estimate of drug-likeness (QED) is 0.625. The molecule has 2 nitrogen and oxygen atoms in total. The highest BCUT2D eigenvalue weighted by molar-refractivity contribution is 9.10. The molecule has 0 aliphatic heterocycles. The van der Waals surface area contributed by atoms with Gasteiger partial charge in [0.15, 0.2) is 0 Å². The Morgan fingerprint density at radius 2 is 1.86 bits per heavy atom. The number of ether oxygens (including phenoxy) is 1. The number of nitrogens with one attached hydrogen (secondary N) is 1. The maximum Gasteiger partial charge on any atom is 0.124 e. The number of rotatable bonds is 4. The summed E-state index contributed by atoms with van der Waals surface area (Å²) in [4.78, 5) is 0. The third-order valence-corrected chi connectivity index (χ3v) is 5.03. The molecular formula is C16H16BrCl2NO. The van der Waals surface area contributed by atoms with Crippen molar-refractivity contribution in [1.82, 2.24) is 0 Å². The standard InChI is InChI=1S/C16H16BrCl2NO/c1-9-4-5-11(14(8-9)21-3)10(2)20-13-7-6-12(17)15(18)16(13)19/h4-8,10,20H,1-3H3. The molecule has 1 unspecified atom stereocenters. The van der Waals surface area contributed by atoms with E-state index in [1.165, 1.54) is 0 Å². The monoisotopic (exact) mass is 387 g/mol. The Kier molecular flexibility index (Phi) is 5.42. The van der Waals surface area contributed by atoms with Gasteiger partial charge in [0.2, 0.25) is 0 Å². The summed E-state index contributed by atoms with van der Waals surface area (Å²) in [7, 11) is 1.68. The van der Waals surface area contributed by atoms with Gasteiger partial charge in [-0.2, -0.15) is 0 Å². The van der Waals surface area contributed by atoms with Crippen molar-refractivity contribution in [1.29, 1.82) is 0 Å². The van der Waals surface area contributed by atoms with Gasteiger partial charge in [0, 0.05) is 10.0 Å². The summed E-state index contributed by atoms with van der Waals surface area (Å²) in [6.07, 6.45) is 0. The number of anilines is 1. The second kappa shape index (κ2) is 6.91. The van der Waals surface area contributed by atoms with Gasteiger partial charge in [-0.25, -0.2) is 0 Å². The van der Waals surface area contributed by atoms with E-state index in [-0.39, 0.29) is 6.04 Å². The van der Waals surface area contributed by atoms with Gasteiger partial charge >= 0.3 is 0 Å². The number of methoxy groups -OCH3 is 1. The van der Waals surface area contributed by atoms with Crippen molar-refractivity contribution in [2.75, 3.05) is 12.4 Å². The molecule has 0 amide bonds. The van der Waals surface area contributed by atoms with Crippen molar-refractivity contribution in [3.05, 3.63) is 56.0 Å². The van der Waals surface area contributed by atoms with Gasteiger partial charge in [0.05, 0.1) is 28.9 Å². The Labute approximate surface area is 143 Å². The van der Waals surface area contributed by atoms with Crippen LogP contribution in [0.2, 0.25) is 10.0 Å². The van der Waals surface area contributed by atoms with Crippen LogP contribution in [0.3, 0.4) is 0 Å². The van der Waals surface area contributed by atoms with Crippen molar-refractivity contribution in [2.45, 2.75) is 19.9 Å². The van der Waals surface area contributed by atoms with Crippen LogP contribution in [0.5, 0.6) is 5.75 Å². The molecule has 0 heterocycles. The minimum Gasteiger partial charge on any atom is -0.496 e. The third kappa shape index (κ3) is 3.65. The van der Waals surface area contributed by atoms with E-state index >= 15 is 0 Å². The third-order valence-electron chi connectivity index (χ3n) is 3.26. The smallest absolute Gasteiger partial charge is 0.124 e. The predicted molar refractivity (Wildman–Crippen MR) is 93.9 cm³/mol. The van der Waals surface area contributed by atoms with E-state index in [4.69, 9.17) is 27.9 Å². The molecule has 2 aromatic rings. The molecular weight excluding hydrogens is 373 g/mol. The van der Waals surface area contributed by atoms with Crippen LogP contribution < -0.4 is 10.1 Å². The molecule has 112 valence electrons. The average Bonchev–Trinajstić information content (AvgIpc) is 2.47. The zero-order chi connectivity index (χ0) is 15.6. The van der Waals surface area contributed by atoms with Crippen LogP contribution in [-0.2, 0) is 0 Å². The van der Waals surface area contributed by atoms with E-state index in [0.29, 0.717) is 10.0 Å². The van der Waals surface area contributed by atoms with Gasteiger partial charge in [0.25, 0.3) is 0 Å². The second-order valence-corrected chi connectivity index (χ2v) is 6.44. The lowest BCUT2D eigenvalue weighted by atomic mass is 10.0.